The molecule has 3 aromatic carbocycles. The van der Waals surface area contributed by atoms with Crippen molar-refractivity contribution in [3.05, 3.63) is 89.5 Å². The van der Waals surface area contributed by atoms with Crippen molar-refractivity contribution >= 4 is 11.9 Å². The van der Waals surface area contributed by atoms with Gasteiger partial charge in [0.05, 0.1) is 25.9 Å². The molecule has 0 heterocycles. The summed E-state index contributed by atoms with van der Waals surface area (Å²) < 4.78 is 22.5. The zero-order chi connectivity index (χ0) is 22.8. The highest BCUT2D eigenvalue weighted by atomic mass is 16.5. The molecule has 0 saturated carbocycles. The summed E-state index contributed by atoms with van der Waals surface area (Å²) >= 11 is 0. The van der Waals surface area contributed by atoms with Gasteiger partial charge in [0.15, 0.2) is 5.78 Å². The lowest BCUT2D eigenvalue weighted by atomic mass is 10.1. The normalized spacial score (nSPS) is 10.7. The van der Waals surface area contributed by atoms with Crippen LogP contribution in [0.3, 0.4) is 0 Å². The van der Waals surface area contributed by atoms with E-state index in [9.17, 15) is 4.79 Å². The fraction of sp³-hybridized carbons (Fsp3) is 0.222. The van der Waals surface area contributed by atoms with Crippen LogP contribution < -0.4 is 18.9 Å². The van der Waals surface area contributed by atoms with Gasteiger partial charge in [-0.15, -0.1) is 0 Å². The third-order valence-corrected chi connectivity index (χ3v) is 4.70. The fourth-order valence-corrected chi connectivity index (χ4v) is 3.15. The second-order valence-corrected chi connectivity index (χ2v) is 6.90. The smallest absolute Gasteiger partial charge is 0.189 e. The number of ether oxygens (including phenoxy) is 4. The highest BCUT2D eigenvalue weighted by Crippen LogP contribution is 2.29. The molecule has 0 fully saturated rings. The maximum absolute atomic E-state index is 12.8. The van der Waals surface area contributed by atoms with E-state index in [0.717, 1.165) is 11.1 Å². The quantitative estimate of drug-likeness (QED) is 0.276. The Hall–Kier alpha value is -3.73. The minimum absolute atomic E-state index is 0.170. The number of rotatable bonds is 11. The number of allylic oxidation sites excluding steroid dienone is 1. The maximum atomic E-state index is 12.8. The second-order valence-electron chi connectivity index (χ2n) is 6.90. The van der Waals surface area contributed by atoms with Crippen molar-refractivity contribution in [3.8, 4) is 23.0 Å². The highest BCUT2D eigenvalue weighted by Gasteiger charge is 2.12. The topological polar surface area (TPSA) is 54.0 Å². The maximum Gasteiger partial charge on any atom is 0.189 e. The van der Waals surface area contributed by atoms with E-state index in [-0.39, 0.29) is 5.78 Å². The first-order chi connectivity index (χ1) is 15.6. The molecular formula is C27H28O5. The average Bonchev–Trinajstić information content (AvgIpc) is 2.83. The minimum atomic E-state index is -0.170. The van der Waals surface area contributed by atoms with Gasteiger partial charge in [0.2, 0.25) is 0 Å². The molecule has 0 radical (unpaired) electrons. The Morgan fingerprint density at radius 2 is 1.50 bits per heavy atom. The molecule has 5 heteroatoms. The summed E-state index contributed by atoms with van der Waals surface area (Å²) in [6.45, 7) is 5.34. The van der Waals surface area contributed by atoms with Gasteiger partial charge in [-0.2, -0.15) is 0 Å². The van der Waals surface area contributed by atoms with Crippen molar-refractivity contribution in [3.63, 3.8) is 0 Å². The summed E-state index contributed by atoms with van der Waals surface area (Å²) in [5.41, 5.74) is 2.34. The number of benzene rings is 3. The van der Waals surface area contributed by atoms with E-state index in [1.165, 1.54) is 13.2 Å². The lowest BCUT2D eigenvalue weighted by molar-refractivity contribution is 0.104. The Morgan fingerprint density at radius 3 is 2.22 bits per heavy atom. The van der Waals surface area contributed by atoms with Crippen LogP contribution in [0.25, 0.3) is 6.08 Å². The van der Waals surface area contributed by atoms with Crippen LogP contribution in [-0.2, 0) is 6.61 Å². The summed E-state index contributed by atoms with van der Waals surface area (Å²) in [6.07, 6.45) is 3.25. The number of hydrogen-bond acceptors (Lipinski definition) is 5. The molecule has 0 aliphatic rings. The molecule has 3 aromatic rings. The molecule has 0 N–H and O–H groups in total. The molecule has 0 aliphatic carbocycles. The lowest BCUT2D eigenvalue weighted by Crippen LogP contribution is -2.01. The van der Waals surface area contributed by atoms with Gasteiger partial charge >= 0.3 is 0 Å². The van der Waals surface area contributed by atoms with Gasteiger partial charge in [0.1, 0.15) is 29.6 Å². The van der Waals surface area contributed by atoms with E-state index in [1.54, 1.807) is 24.3 Å². The van der Waals surface area contributed by atoms with Gasteiger partial charge in [-0.3, -0.25) is 4.79 Å². The molecule has 0 aliphatic heterocycles. The van der Waals surface area contributed by atoms with E-state index in [1.807, 2.05) is 62.4 Å². The predicted molar refractivity (Wildman–Crippen MR) is 126 cm³/mol. The molecule has 32 heavy (non-hydrogen) atoms. The van der Waals surface area contributed by atoms with E-state index in [0.29, 0.717) is 48.4 Å². The predicted octanol–water partition coefficient (Wildman–Crippen LogP) is 5.97. The molecule has 0 bridgehead atoms. The van der Waals surface area contributed by atoms with Gasteiger partial charge < -0.3 is 18.9 Å². The van der Waals surface area contributed by atoms with Crippen LogP contribution in [0.4, 0.5) is 0 Å². The molecule has 0 spiro atoms. The van der Waals surface area contributed by atoms with Crippen molar-refractivity contribution in [2.45, 2.75) is 20.5 Å². The largest absolute Gasteiger partial charge is 0.496 e. The second kappa shape index (κ2) is 11.6. The number of ketones is 1. The summed E-state index contributed by atoms with van der Waals surface area (Å²) in [5.74, 6) is 2.32. The Morgan fingerprint density at radius 1 is 0.812 bits per heavy atom. The van der Waals surface area contributed by atoms with E-state index in [4.69, 9.17) is 18.9 Å². The molecule has 0 saturated heterocycles. The van der Waals surface area contributed by atoms with Crippen LogP contribution >= 0.6 is 0 Å². The zero-order valence-corrected chi connectivity index (χ0v) is 18.7. The van der Waals surface area contributed by atoms with Crippen LogP contribution in [-0.4, -0.2) is 26.1 Å². The molecule has 3 rings (SSSR count). The van der Waals surface area contributed by atoms with E-state index < -0.39 is 0 Å². The van der Waals surface area contributed by atoms with Crippen molar-refractivity contribution in [2.24, 2.45) is 0 Å². The Kier molecular flexibility index (Phi) is 8.32. The summed E-state index contributed by atoms with van der Waals surface area (Å²) in [6, 6.07) is 20.7. The molecule has 5 nitrogen and oxygen atoms in total. The Bertz CT molecular complexity index is 1060. The number of carbonyl (C=O) groups excluding carboxylic acids is 1. The van der Waals surface area contributed by atoms with Crippen molar-refractivity contribution in [1.29, 1.82) is 0 Å². The van der Waals surface area contributed by atoms with Gasteiger partial charge in [0, 0.05) is 17.7 Å². The zero-order valence-electron chi connectivity index (χ0n) is 18.7. The average molecular weight is 433 g/mol. The third-order valence-electron chi connectivity index (χ3n) is 4.70. The first-order valence-corrected chi connectivity index (χ1v) is 10.6. The van der Waals surface area contributed by atoms with Gasteiger partial charge in [-0.05, 0) is 55.8 Å². The molecule has 166 valence electrons. The number of carbonyl (C=O) groups is 1. The monoisotopic (exact) mass is 432 g/mol. The molecular weight excluding hydrogens is 404 g/mol. The van der Waals surface area contributed by atoms with E-state index >= 15 is 0 Å². The molecule has 0 amide bonds. The highest BCUT2D eigenvalue weighted by molar-refractivity contribution is 6.08. The van der Waals surface area contributed by atoms with Gasteiger partial charge in [-0.25, -0.2) is 0 Å². The summed E-state index contributed by atoms with van der Waals surface area (Å²) in [5, 5.41) is 0. The van der Waals surface area contributed by atoms with Crippen LogP contribution in [0.2, 0.25) is 0 Å². The van der Waals surface area contributed by atoms with Crippen molar-refractivity contribution in [2.75, 3.05) is 20.3 Å². The molecule has 0 unspecified atom stereocenters. The van der Waals surface area contributed by atoms with Crippen molar-refractivity contribution < 1.29 is 23.7 Å². The lowest BCUT2D eigenvalue weighted by Gasteiger charge is -2.12. The Labute approximate surface area is 189 Å². The van der Waals surface area contributed by atoms with Gasteiger partial charge in [0.25, 0.3) is 0 Å². The standard InChI is InChI=1S/C27H28O5/c1-4-30-22-14-15-24(27(18-22)29-3)25(28)16-12-21-11-13-23(17-26(21)31-5-2)32-19-20-9-7-6-8-10-20/h6-18H,4-5,19H2,1-3H3. The first-order valence-electron chi connectivity index (χ1n) is 10.6. The third kappa shape index (κ3) is 6.14. The summed E-state index contributed by atoms with van der Waals surface area (Å²) in [4.78, 5) is 12.8. The van der Waals surface area contributed by atoms with Crippen LogP contribution in [0.5, 0.6) is 23.0 Å². The summed E-state index contributed by atoms with van der Waals surface area (Å²) in [7, 11) is 1.53. The number of methoxy groups -OCH3 is 1. The molecule has 0 atom stereocenters. The van der Waals surface area contributed by atoms with Crippen LogP contribution in [0.15, 0.2) is 72.8 Å². The Balaban J connectivity index is 1.76. The fourth-order valence-electron chi connectivity index (χ4n) is 3.15. The van der Waals surface area contributed by atoms with Crippen LogP contribution in [0, 0.1) is 0 Å². The SMILES string of the molecule is CCOc1ccc(C(=O)C=Cc2ccc(OCc3ccccc3)cc2OCC)c(OC)c1. The molecule has 0 aromatic heterocycles. The van der Waals surface area contributed by atoms with E-state index in [2.05, 4.69) is 0 Å². The van der Waals surface area contributed by atoms with Gasteiger partial charge in [-0.1, -0.05) is 30.3 Å². The van der Waals surface area contributed by atoms with Crippen molar-refractivity contribution in [1.82, 2.24) is 0 Å². The number of hydrogen-bond donors (Lipinski definition) is 0. The minimum Gasteiger partial charge on any atom is -0.496 e. The van der Waals surface area contributed by atoms with Crippen LogP contribution in [0.1, 0.15) is 35.3 Å². The first kappa shape index (κ1) is 22.9.